The number of rotatable bonds is 5. The summed E-state index contributed by atoms with van der Waals surface area (Å²) >= 11 is 0. The van der Waals surface area contributed by atoms with Crippen LogP contribution in [0.25, 0.3) is 21.8 Å². The van der Waals surface area contributed by atoms with Crippen molar-refractivity contribution in [2.45, 2.75) is 29.4 Å². The van der Waals surface area contributed by atoms with Crippen LogP contribution in [-0.2, 0) is 9.92 Å². The van der Waals surface area contributed by atoms with Crippen LogP contribution in [-0.4, -0.2) is 52.5 Å². The average Bonchev–Trinajstić information content (AvgIpc) is 3.19. The normalized spacial score (nSPS) is 22.4. The fraction of sp³-hybridized carbons (Fsp3) is 0.280. The second-order valence-corrected chi connectivity index (χ2v) is 10.7. The Balaban J connectivity index is 1.45. The van der Waals surface area contributed by atoms with E-state index >= 15 is 0 Å². The van der Waals surface area contributed by atoms with Gasteiger partial charge in [0.05, 0.1) is 23.1 Å². The molecule has 36 heavy (non-hydrogen) atoms. The number of nitrogens with zero attached hydrogens (tertiary/aromatic N) is 2. The molecule has 1 saturated heterocycles. The van der Waals surface area contributed by atoms with Crippen LogP contribution in [0.4, 0.5) is 13.2 Å². The van der Waals surface area contributed by atoms with Crippen LogP contribution in [0.2, 0.25) is 0 Å². The number of hydrogen-bond donors (Lipinski definition) is 3. The fourth-order valence-electron chi connectivity index (χ4n) is 4.82. The molecular weight excluding hydrogens is 493 g/mol. The van der Waals surface area contributed by atoms with E-state index in [0.29, 0.717) is 13.1 Å². The predicted molar refractivity (Wildman–Crippen MR) is 132 cm³/mol. The van der Waals surface area contributed by atoms with Gasteiger partial charge in [-0.05, 0) is 36.4 Å². The molecule has 1 fully saturated rings. The molecule has 4 atom stereocenters. The van der Waals surface area contributed by atoms with E-state index in [2.05, 4.69) is 23.7 Å². The number of hydrogen-bond acceptors (Lipinski definition) is 5. The molecule has 2 heterocycles. The molecule has 11 heteroatoms. The van der Waals surface area contributed by atoms with E-state index in [4.69, 9.17) is 0 Å². The Kier molecular flexibility index (Phi) is 6.41. The minimum atomic E-state index is -4.82. The number of aromatic nitrogens is 1. The number of para-hydroxylation sites is 2. The Labute approximate surface area is 206 Å². The second-order valence-electron chi connectivity index (χ2n) is 8.57. The topological polar surface area (TPSA) is 87.9 Å². The summed E-state index contributed by atoms with van der Waals surface area (Å²) in [4.78, 5) is 0.186. The maximum atomic E-state index is 13.7. The molecule has 1 aliphatic rings. The fourth-order valence-corrected chi connectivity index (χ4v) is 6.41. The molecule has 0 radical (unpaired) electrons. The van der Waals surface area contributed by atoms with Crippen molar-refractivity contribution in [3.05, 3.63) is 72.8 Å². The lowest BCUT2D eigenvalue weighted by atomic mass is 9.99. The van der Waals surface area contributed by atoms with Crippen molar-refractivity contribution in [1.29, 1.82) is 0 Å². The SMILES string of the molecule is CN=S(=O)(NC1CNCC(n2c3ccccc3c3ccccc32)C1O)c1ccc(OC(F)(F)F)cc1. The average molecular weight is 519 g/mol. The summed E-state index contributed by atoms with van der Waals surface area (Å²) in [6.07, 6.45) is -5.75. The number of benzene rings is 3. The van der Waals surface area contributed by atoms with Gasteiger partial charge >= 0.3 is 6.36 Å². The van der Waals surface area contributed by atoms with Crippen LogP contribution in [0.15, 0.2) is 82.1 Å². The molecule has 0 aliphatic carbocycles. The van der Waals surface area contributed by atoms with Crippen LogP contribution in [0, 0.1) is 0 Å². The van der Waals surface area contributed by atoms with E-state index < -0.39 is 34.2 Å². The van der Waals surface area contributed by atoms with Gasteiger partial charge in [-0.15, -0.1) is 13.2 Å². The highest BCUT2D eigenvalue weighted by Crippen LogP contribution is 2.34. The summed E-state index contributed by atoms with van der Waals surface area (Å²) in [6, 6.07) is 19.7. The molecule has 7 nitrogen and oxygen atoms in total. The third-order valence-electron chi connectivity index (χ3n) is 6.42. The van der Waals surface area contributed by atoms with E-state index in [1.54, 1.807) is 0 Å². The highest BCUT2D eigenvalue weighted by Gasteiger charge is 2.36. The molecule has 0 saturated carbocycles. The first-order valence-corrected chi connectivity index (χ1v) is 12.9. The Hall–Kier alpha value is -3.12. The first-order valence-electron chi connectivity index (χ1n) is 11.3. The zero-order valence-electron chi connectivity index (χ0n) is 19.3. The molecular formula is C25H25F3N4O3S. The zero-order valence-corrected chi connectivity index (χ0v) is 20.1. The van der Waals surface area contributed by atoms with E-state index in [1.165, 1.54) is 19.2 Å². The van der Waals surface area contributed by atoms with Gasteiger partial charge in [0.1, 0.15) is 15.7 Å². The van der Waals surface area contributed by atoms with Crippen molar-refractivity contribution < 1.29 is 27.2 Å². The van der Waals surface area contributed by atoms with Gasteiger partial charge in [-0.1, -0.05) is 36.4 Å². The molecule has 0 spiro atoms. The summed E-state index contributed by atoms with van der Waals surface area (Å²) in [5, 5.41) is 16.9. The minimum absolute atomic E-state index is 0.186. The number of ether oxygens (including phenoxy) is 1. The lowest BCUT2D eigenvalue weighted by Crippen LogP contribution is -2.58. The predicted octanol–water partition coefficient (Wildman–Crippen LogP) is 4.23. The molecule has 0 amide bonds. The number of aliphatic hydroxyl groups is 1. The van der Waals surface area contributed by atoms with Gasteiger partial charge in [0.25, 0.3) is 0 Å². The Bertz CT molecular complexity index is 1460. The number of fused-ring (bicyclic) bond motifs is 3. The number of nitrogens with one attached hydrogen (secondary N) is 2. The van der Waals surface area contributed by atoms with Gasteiger partial charge in [0.15, 0.2) is 0 Å². The number of halogens is 3. The highest BCUT2D eigenvalue weighted by molar-refractivity contribution is 7.91. The maximum absolute atomic E-state index is 13.7. The van der Waals surface area contributed by atoms with Gasteiger partial charge in [0, 0.05) is 41.9 Å². The lowest BCUT2D eigenvalue weighted by Gasteiger charge is -2.37. The molecule has 4 unspecified atom stereocenters. The van der Waals surface area contributed by atoms with E-state index in [1.807, 2.05) is 48.5 Å². The molecule has 3 aromatic carbocycles. The molecule has 5 rings (SSSR count). The monoisotopic (exact) mass is 518 g/mol. The van der Waals surface area contributed by atoms with Crippen LogP contribution < -0.4 is 14.8 Å². The van der Waals surface area contributed by atoms with Gasteiger partial charge in [-0.25, -0.2) is 13.3 Å². The summed E-state index contributed by atoms with van der Waals surface area (Å²) < 4.78 is 64.2. The second kappa shape index (κ2) is 9.40. The highest BCUT2D eigenvalue weighted by atomic mass is 32.2. The van der Waals surface area contributed by atoms with Crippen molar-refractivity contribution in [3.63, 3.8) is 0 Å². The summed E-state index contributed by atoms with van der Waals surface area (Å²) in [7, 11) is -1.88. The maximum Gasteiger partial charge on any atom is 0.573 e. The Morgan fingerprint density at radius 1 is 1.00 bits per heavy atom. The van der Waals surface area contributed by atoms with Crippen molar-refractivity contribution in [2.24, 2.45) is 4.36 Å². The smallest absolute Gasteiger partial charge is 0.406 e. The van der Waals surface area contributed by atoms with Gasteiger partial charge < -0.3 is 19.7 Å². The minimum Gasteiger partial charge on any atom is -0.406 e. The van der Waals surface area contributed by atoms with Crippen LogP contribution in [0.3, 0.4) is 0 Å². The molecule has 0 bridgehead atoms. The third-order valence-corrected chi connectivity index (χ3v) is 8.47. The Morgan fingerprint density at radius 3 is 2.14 bits per heavy atom. The lowest BCUT2D eigenvalue weighted by molar-refractivity contribution is -0.274. The Morgan fingerprint density at radius 2 is 1.58 bits per heavy atom. The quantitative estimate of drug-likeness (QED) is 0.369. The van der Waals surface area contributed by atoms with Crippen molar-refractivity contribution in [2.75, 3.05) is 20.1 Å². The standard InChI is InChI=1S/C25H25F3N4O3S/c1-29-36(34,17-12-10-16(11-13-17)35-25(26,27)28)31-20-14-30-15-23(24(20)33)32-21-8-4-2-6-18(21)19-7-3-5-9-22(19)32/h2-13,20,23-24,30,33H,14-15H2,1H3,(H,29,31,34). The third kappa shape index (κ3) is 4.55. The molecule has 4 aromatic rings. The molecule has 190 valence electrons. The van der Waals surface area contributed by atoms with Gasteiger partial charge in [0.2, 0.25) is 0 Å². The van der Waals surface area contributed by atoms with Crippen molar-refractivity contribution in [3.8, 4) is 5.75 Å². The molecule has 1 aromatic heterocycles. The number of aliphatic hydroxyl groups excluding tert-OH is 1. The zero-order chi connectivity index (χ0) is 25.5. The van der Waals surface area contributed by atoms with Crippen LogP contribution >= 0.6 is 0 Å². The molecule has 1 aliphatic heterocycles. The van der Waals surface area contributed by atoms with Crippen molar-refractivity contribution >= 4 is 31.7 Å². The summed E-state index contributed by atoms with van der Waals surface area (Å²) in [5.41, 5.74) is 1.96. The van der Waals surface area contributed by atoms with Crippen molar-refractivity contribution in [1.82, 2.24) is 14.6 Å². The first kappa shape index (κ1) is 24.6. The number of alkyl halides is 3. The van der Waals surface area contributed by atoms with E-state index in [0.717, 1.165) is 33.9 Å². The number of piperidine rings is 1. The van der Waals surface area contributed by atoms with Crippen LogP contribution in [0.5, 0.6) is 5.75 Å². The van der Waals surface area contributed by atoms with Gasteiger partial charge in [-0.2, -0.15) is 0 Å². The largest absolute Gasteiger partial charge is 0.573 e. The van der Waals surface area contributed by atoms with E-state index in [-0.39, 0.29) is 10.9 Å². The summed E-state index contributed by atoms with van der Waals surface area (Å²) in [5.74, 6) is -0.421. The molecule has 3 N–H and O–H groups in total. The summed E-state index contributed by atoms with van der Waals surface area (Å²) in [6.45, 7) is 0.826. The first-order chi connectivity index (χ1) is 17.2. The van der Waals surface area contributed by atoms with E-state index in [9.17, 15) is 22.5 Å². The van der Waals surface area contributed by atoms with Crippen LogP contribution in [0.1, 0.15) is 6.04 Å². The van der Waals surface area contributed by atoms with Gasteiger partial charge in [-0.3, -0.25) is 0 Å².